The first-order valence-corrected chi connectivity index (χ1v) is 7.54. The van der Waals surface area contributed by atoms with E-state index >= 15 is 0 Å². The number of nitrogens with zero attached hydrogens (tertiary/aromatic N) is 1. The molecule has 130 valence electrons. The van der Waals surface area contributed by atoms with Crippen molar-refractivity contribution in [1.29, 1.82) is 0 Å². The van der Waals surface area contributed by atoms with Crippen LogP contribution in [-0.2, 0) is 0 Å². The number of amides is 1. The number of H-pyrrole nitrogens is 1. The first-order valence-electron chi connectivity index (χ1n) is 7.54. The number of aromatic nitrogens is 1. The first kappa shape index (κ1) is 16.9. The summed E-state index contributed by atoms with van der Waals surface area (Å²) in [6.07, 6.45) is 1.61. The summed E-state index contributed by atoms with van der Waals surface area (Å²) < 4.78 is 5.19. The van der Waals surface area contributed by atoms with Crippen LogP contribution in [0.15, 0.2) is 66.9 Å². The van der Waals surface area contributed by atoms with Crippen molar-refractivity contribution in [3.8, 4) is 5.75 Å². The molecule has 8 heteroatoms. The minimum Gasteiger partial charge on any atom is -0.422 e. The Labute approximate surface area is 147 Å². The van der Waals surface area contributed by atoms with E-state index in [4.69, 9.17) is 4.74 Å². The lowest BCUT2D eigenvalue weighted by Gasteiger charge is -2.07. The third-order valence-electron chi connectivity index (χ3n) is 3.46. The largest absolute Gasteiger partial charge is 0.422 e. The fourth-order valence-electron chi connectivity index (χ4n) is 2.19. The zero-order valence-electron chi connectivity index (χ0n) is 13.3. The molecule has 2 N–H and O–H groups in total. The molecule has 26 heavy (non-hydrogen) atoms. The van der Waals surface area contributed by atoms with E-state index in [2.05, 4.69) is 10.3 Å². The van der Waals surface area contributed by atoms with Crippen LogP contribution in [0.4, 0.5) is 11.4 Å². The molecule has 0 aliphatic carbocycles. The van der Waals surface area contributed by atoms with Gasteiger partial charge >= 0.3 is 5.97 Å². The predicted octanol–water partition coefficient (Wildman–Crippen LogP) is 3.39. The lowest BCUT2D eigenvalue weighted by Crippen LogP contribution is -2.12. The third-order valence-corrected chi connectivity index (χ3v) is 3.46. The Bertz CT molecular complexity index is 949. The van der Waals surface area contributed by atoms with Crippen LogP contribution in [0.3, 0.4) is 0 Å². The zero-order valence-corrected chi connectivity index (χ0v) is 13.3. The van der Waals surface area contributed by atoms with Gasteiger partial charge in [0.15, 0.2) is 0 Å². The van der Waals surface area contributed by atoms with Crippen LogP contribution in [0.25, 0.3) is 0 Å². The normalized spacial score (nSPS) is 10.2. The minimum absolute atomic E-state index is 0.163. The number of nitro groups is 1. The quantitative estimate of drug-likeness (QED) is 0.316. The summed E-state index contributed by atoms with van der Waals surface area (Å²) in [6.45, 7) is 0. The van der Waals surface area contributed by atoms with Gasteiger partial charge in [-0.25, -0.2) is 4.79 Å². The Balaban J connectivity index is 1.65. The van der Waals surface area contributed by atoms with Crippen LogP contribution in [0.5, 0.6) is 5.75 Å². The van der Waals surface area contributed by atoms with E-state index in [9.17, 15) is 19.7 Å². The molecule has 0 bridgehead atoms. The number of nitro benzene ring substituents is 1. The molecule has 1 aromatic heterocycles. The summed E-state index contributed by atoms with van der Waals surface area (Å²) in [5, 5.41) is 13.4. The molecule has 0 aliphatic rings. The number of esters is 1. The van der Waals surface area contributed by atoms with E-state index in [1.54, 1.807) is 30.5 Å². The summed E-state index contributed by atoms with van der Waals surface area (Å²) in [4.78, 5) is 37.0. The standard InChI is InChI=1S/C18H13N3O5/c22-17(12-3-1-4-14(11-12)21(24)25)20-13-6-8-15(9-7-13)26-18(23)16-5-2-10-19-16/h1-11,19H,(H,20,22). The number of ether oxygens (including phenoxy) is 1. The van der Waals surface area contributed by atoms with Crippen molar-refractivity contribution in [2.45, 2.75) is 0 Å². The molecule has 0 fully saturated rings. The monoisotopic (exact) mass is 351 g/mol. The van der Waals surface area contributed by atoms with E-state index in [-0.39, 0.29) is 11.3 Å². The maximum Gasteiger partial charge on any atom is 0.360 e. The number of carbonyl (C=O) groups is 2. The molecule has 3 rings (SSSR count). The van der Waals surface area contributed by atoms with E-state index in [1.807, 2.05) is 0 Å². The van der Waals surface area contributed by atoms with Crippen molar-refractivity contribution >= 4 is 23.3 Å². The number of hydrogen-bond acceptors (Lipinski definition) is 5. The smallest absolute Gasteiger partial charge is 0.360 e. The highest BCUT2D eigenvalue weighted by Gasteiger charge is 2.12. The molecule has 0 saturated carbocycles. The highest BCUT2D eigenvalue weighted by Crippen LogP contribution is 2.19. The summed E-state index contributed by atoms with van der Waals surface area (Å²) >= 11 is 0. The Morgan fingerprint density at radius 2 is 1.81 bits per heavy atom. The first-order chi connectivity index (χ1) is 12.5. The van der Waals surface area contributed by atoms with Gasteiger partial charge in [-0.1, -0.05) is 6.07 Å². The zero-order chi connectivity index (χ0) is 18.5. The van der Waals surface area contributed by atoms with Crippen molar-refractivity contribution in [2.24, 2.45) is 0 Å². The molecule has 0 aliphatic heterocycles. The number of non-ortho nitro benzene ring substituents is 1. The van der Waals surface area contributed by atoms with Crippen LogP contribution in [0, 0.1) is 10.1 Å². The Hall–Kier alpha value is -3.94. The predicted molar refractivity (Wildman–Crippen MR) is 93.2 cm³/mol. The van der Waals surface area contributed by atoms with Gasteiger partial charge in [0.1, 0.15) is 11.4 Å². The van der Waals surface area contributed by atoms with Gasteiger partial charge < -0.3 is 15.0 Å². The molecule has 8 nitrogen and oxygen atoms in total. The van der Waals surface area contributed by atoms with Gasteiger partial charge in [0, 0.05) is 29.6 Å². The summed E-state index contributed by atoms with van der Waals surface area (Å²) in [7, 11) is 0. The number of rotatable bonds is 5. The van der Waals surface area contributed by atoms with Gasteiger partial charge in [-0.15, -0.1) is 0 Å². The van der Waals surface area contributed by atoms with E-state index in [0.29, 0.717) is 17.1 Å². The number of carbonyl (C=O) groups excluding carboxylic acids is 2. The highest BCUT2D eigenvalue weighted by molar-refractivity contribution is 6.04. The maximum absolute atomic E-state index is 12.2. The van der Waals surface area contributed by atoms with Gasteiger partial charge in [0.25, 0.3) is 11.6 Å². The van der Waals surface area contributed by atoms with E-state index < -0.39 is 16.8 Å². The number of anilines is 1. The Kier molecular flexibility index (Phi) is 4.75. The van der Waals surface area contributed by atoms with Crippen molar-refractivity contribution in [3.05, 3.63) is 88.2 Å². The molecule has 0 spiro atoms. The highest BCUT2D eigenvalue weighted by atomic mass is 16.6. The summed E-state index contributed by atoms with van der Waals surface area (Å²) in [5.74, 6) is -0.689. The topological polar surface area (TPSA) is 114 Å². The van der Waals surface area contributed by atoms with Crippen LogP contribution >= 0.6 is 0 Å². The van der Waals surface area contributed by atoms with Crippen molar-refractivity contribution in [2.75, 3.05) is 5.32 Å². The molecular weight excluding hydrogens is 338 g/mol. The number of aromatic amines is 1. The Morgan fingerprint density at radius 3 is 2.46 bits per heavy atom. The summed E-state index contributed by atoms with van der Waals surface area (Å²) in [5.41, 5.74) is 0.792. The third kappa shape index (κ3) is 3.93. The van der Waals surface area contributed by atoms with Gasteiger partial charge in [-0.05, 0) is 42.5 Å². The van der Waals surface area contributed by atoms with Crippen molar-refractivity contribution in [3.63, 3.8) is 0 Å². The van der Waals surface area contributed by atoms with Gasteiger partial charge in [-0.2, -0.15) is 0 Å². The second kappa shape index (κ2) is 7.31. The van der Waals surface area contributed by atoms with Gasteiger partial charge in [0.05, 0.1) is 4.92 Å². The second-order valence-electron chi connectivity index (χ2n) is 5.26. The Morgan fingerprint density at radius 1 is 1.04 bits per heavy atom. The number of hydrogen-bond donors (Lipinski definition) is 2. The lowest BCUT2D eigenvalue weighted by atomic mass is 10.2. The molecule has 0 radical (unpaired) electrons. The lowest BCUT2D eigenvalue weighted by molar-refractivity contribution is -0.384. The second-order valence-corrected chi connectivity index (χ2v) is 5.26. The number of benzene rings is 2. The number of nitrogens with one attached hydrogen (secondary N) is 2. The van der Waals surface area contributed by atoms with Crippen LogP contribution in [0.2, 0.25) is 0 Å². The molecule has 2 aromatic carbocycles. The molecule has 0 saturated heterocycles. The molecule has 1 heterocycles. The van der Waals surface area contributed by atoms with Gasteiger partial charge in [0.2, 0.25) is 0 Å². The van der Waals surface area contributed by atoms with Crippen molar-refractivity contribution in [1.82, 2.24) is 4.98 Å². The molecule has 3 aromatic rings. The molecule has 0 atom stereocenters. The SMILES string of the molecule is O=C(Nc1ccc(OC(=O)c2ccc[nH]2)cc1)c1cccc([N+](=O)[O-])c1. The van der Waals surface area contributed by atoms with Crippen LogP contribution < -0.4 is 10.1 Å². The fourth-order valence-corrected chi connectivity index (χ4v) is 2.19. The maximum atomic E-state index is 12.2. The van der Waals surface area contributed by atoms with Crippen LogP contribution in [-0.4, -0.2) is 21.8 Å². The molecule has 0 unspecified atom stereocenters. The molecular formula is C18H13N3O5. The average molecular weight is 351 g/mol. The molecule has 1 amide bonds. The van der Waals surface area contributed by atoms with Crippen LogP contribution in [0.1, 0.15) is 20.8 Å². The summed E-state index contributed by atoms with van der Waals surface area (Å²) in [6, 6.07) is 14.9. The average Bonchev–Trinajstić information content (AvgIpc) is 3.18. The fraction of sp³-hybridized carbons (Fsp3) is 0. The van der Waals surface area contributed by atoms with E-state index in [1.165, 1.54) is 36.4 Å². The van der Waals surface area contributed by atoms with Crippen molar-refractivity contribution < 1.29 is 19.2 Å². The minimum atomic E-state index is -0.565. The van der Waals surface area contributed by atoms with Gasteiger partial charge in [-0.3, -0.25) is 14.9 Å². The van der Waals surface area contributed by atoms with E-state index in [0.717, 1.165) is 0 Å².